The molecule has 139 heavy (non-hydrogen) atoms. The topological polar surface area (TPSA) is 353 Å². The third-order valence-corrected chi connectivity index (χ3v) is 25.1. The Morgan fingerprint density at radius 2 is 1.09 bits per heavy atom. The molecule has 0 bridgehead atoms. The van der Waals surface area contributed by atoms with Crippen LogP contribution in [0.4, 0.5) is 5.95 Å². The molecule has 0 spiro atoms. The molecule has 5 heterocycles. The number of allylic oxidation sites excluding steroid dienone is 2. The van der Waals surface area contributed by atoms with Crippen LogP contribution in [0.3, 0.4) is 0 Å². The summed E-state index contributed by atoms with van der Waals surface area (Å²) in [5.74, 6) is 4.84. The molecular formula is C113H168B2N6O16P2+. The van der Waals surface area contributed by atoms with Crippen LogP contribution in [0, 0.1) is 73.4 Å². The standard InChI is InChI=1S/C16H22O3.C16H24O2.C16H26O.C13H20NO.C12H16O.C11H23NO.C11H10O3.C11H12O3.C7H11N3O.BHNP.BH3P/c1-6-13(17)16(5)8-7-12-11(4)14(18)9(2)10(3)15(12)19-16;1-6-8-16(5)9-7-13-12(4)14(17)10(2)11(3)15(13)18-16;1-8-11-9-12(15(2,3)4)14(17)13(10-11)16(5,6)7;1-5-11-6-8-12(9-7-11)10-14(15)13(2,3)4;1-3-4-5-6-11-8-7-10(2)12(13)9-11;1-6-9-7-10(2,3)12(13)11(4,5)8-9;1-2-7-5-11(13)14-10-6-8(12)3-4-9(7)10;1-2-9(12)5-3-8-4-6-10(13)11(14)7-8;1-4-6(11)5(2)10-7(8-3)9-4;1-3-2;1-2/h18H,6-8H2,1-5H3;17H,6-9H2,1-5H3;9-10,17H,8H2,1-7H3;6-10,15H,5H2,1-4H3;5-9,13H,3-4H2,1-2H3;9,13H,6-8H2,1-5H3;3-6,12H,2H2,1H3;3-7,13-14H,2H2,1H3;11H,1-3H3,(H,8,9,10);2H;1H,2H2/q;;;+1;;;;;;;/b;;;14-10+;6-5+;;;5-3+;;;/i;;;;;;;;;;1D. The quantitative estimate of drug-likeness (QED) is 0.00492. The van der Waals surface area contributed by atoms with Crippen LogP contribution in [0.1, 0.15) is 336 Å². The molecule has 3 atom stereocenters. The van der Waals surface area contributed by atoms with Gasteiger partial charge >= 0.3 is 5.63 Å². The second-order valence-electron chi connectivity index (χ2n) is 40.4. The molecule has 1 saturated heterocycles. The van der Waals surface area contributed by atoms with Crippen LogP contribution in [-0.2, 0) is 52.5 Å². The number of hydrogen-bond acceptors (Lipinski definition) is 21. The Morgan fingerprint density at radius 3 is 1.53 bits per heavy atom. The monoisotopic (exact) mass is 1950 g/mol. The molecule has 3 radical (unpaired) electrons. The van der Waals surface area contributed by atoms with Crippen LogP contribution >= 0.6 is 17.4 Å². The molecule has 3 aliphatic heterocycles. The maximum absolute atomic E-state index is 12.1. The number of piperidine rings is 1. The number of phenolic OH excluding ortho intramolecular Hbond substituents is 7. The number of fused-ring (bicyclic) bond motifs is 3. The summed E-state index contributed by atoms with van der Waals surface area (Å²) in [5, 5.41) is 108. The lowest BCUT2D eigenvalue weighted by Crippen LogP contribution is -2.58. The number of anilines is 1. The maximum atomic E-state index is 12.1. The van der Waals surface area contributed by atoms with Crippen LogP contribution < -0.4 is 20.4 Å². The number of Topliss-reactive ketones (excluding diaryl/α,β-unsaturated/α-hetero) is 1. The fourth-order valence-electron chi connectivity index (χ4n) is 16.2. The van der Waals surface area contributed by atoms with Gasteiger partial charge in [0.25, 0.3) is 0 Å². The number of unbranched alkanes of at least 4 members (excludes halogenated alkanes) is 1. The molecule has 9 aromatic rings. The average molecular weight is 1950 g/mol. The number of aromatic hydroxyl groups is 8. The highest BCUT2D eigenvalue weighted by Crippen LogP contribution is 2.48. The van der Waals surface area contributed by atoms with E-state index in [4.69, 9.17) is 30.6 Å². The molecule has 0 amide bonds. The van der Waals surface area contributed by atoms with Crippen LogP contribution in [0.2, 0.25) is 0 Å². The fraction of sp³-hybridized carbons (Fsp3) is 0.504. The Morgan fingerprint density at radius 1 is 0.604 bits per heavy atom. The zero-order valence-corrected chi connectivity index (χ0v) is 92.0. The van der Waals surface area contributed by atoms with E-state index in [1.165, 1.54) is 65.7 Å². The van der Waals surface area contributed by atoms with E-state index in [2.05, 4.69) is 173 Å². The van der Waals surface area contributed by atoms with Gasteiger partial charge in [-0.15, -0.1) is 0 Å². The number of hydrogen-bond donors (Lipinski definition) is 12. The minimum Gasteiger partial charge on any atom is -0.508 e. The van der Waals surface area contributed by atoms with Crippen molar-refractivity contribution in [2.75, 3.05) is 12.4 Å². The summed E-state index contributed by atoms with van der Waals surface area (Å²) in [7, 11) is 9.68. The average Bonchev–Trinajstić information content (AvgIpc) is 0.764. The molecule has 1 fully saturated rings. The smallest absolute Gasteiger partial charge is 0.336 e. The van der Waals surface area contributed by atoms with Crippen molar-refractivity contribution in [3.05, 3.63) is 226 Å². The van der Waals surface area contributed by atoms with Gasteiger partial charge in [-0.3, -0.25) is 20.0 Å². The van der Waals surface area contributed by atoms with Gasteiger partial charge in [0.1, 0.15) is 59.0 Å². The van der Waals surface area contributed by atoms with E-state index >= 15 is 0 Å². The van der Waals surface area contributed by atoms with Gasteiger partial charge in [0.15, 0.2) is 42.0 Å². The summed E-state index contributed by atoms with van der Waals surface area (Å²) in [6, 6.07) is 28.9. The number of ether oxygens (including phenoxy) is 2. The lowest BCUT2D eigenvalue weighted by atomic mass is 9.74. The Hall–Kier alpha value is -10.5. The van der Waals surface area contributed by atoms with Crippen molar-refractivity contribution in [3.8, 4) is 57.5 Å². The zero-order valence-electron chi connectivity index (χ0n) is 90.9. The molecule has 22 nitrogen and oxygen atoms in total. The van der Waals surface area contributed by atoms with Crippen molar-refractivity contribution in [1.82, 2.24) is 15.0 Å². The van der Waals surface area contributed by atoms with Gasteiger partial charge in [0.05, 0.1) is 11.4 Å². The van der Waals surface area contributed by atoms with E-state index in [-0.39, 0.29) is 81.5 Å². The highest BCUT2D eigenvalue weighted by molar-refractivity contribution is 7.56. The highest BCUT2D eigenvalue weighted by atomic mass is 31.1. The number of carbonyl (C=O) groups is 2. The Kier molecular flexibility index (Phi) is 50.1. The fourth-order valence-corrected chi connectivity index (χ4v) is 16.2. The molecule has 761 valence electrons. The maximum Gasteiger partial charge on any atom is 0.336 e. The first-order chi connectivity index (χ1) is 65.0. The van der Waals surface area contributed by atoms with Crippen LogP contribution in [0.15, 0.2) is 118 Å². The molecule has 12 rings (SSSR count). The van der Waals surface area contributed by atoms with Crippen molar-refractivity contribution in [2.45, 2.75) is 363 Å². The highest BCUT2D eigenvalue weighted by Gasteiger charge is 2.45. The molecule has 2 aromatic heterocycles. The van der Waals surface area contributed by atoms with Crippen molar-refractivity contribution in [1.29, 1.82) is 6.50 Å². The molecule has 3 aliphatic rings. The van der Waals surface area contributed by atoms with Crippen LogP contribution in [-0.4, -0.2) is 140 Å². The lowest BCUT2D eigenvalue weighted by Gasteiger charge is -2.51. The van der Waals surface area contributed by atoms with Crippen LogP contribution in [0.25, 0.3) is 23.1 Å². The summed E-state index contributed by atoms with van der Waals surface area (Å²) >= 11 is 0. The van der Waals surface area contributed by atoms with Gasteiger partial charge in [-0.2, -0.15) is 14.2 Å². The van der Waals surface area contributed by atoms with E-state index in [0.717, 1.165) is 172 Å². The first kappa shape index (κ1) is 123. The number of aryl methyl sites for hydroxylation is 6. The molecule has 0 aliphatic carbocycles. The Labute approximate surface area is 839 Å². The third kappa shape index (κ3) is 37.8. The molecule has 7 aromatic carbocycles. The minimum atomic E-state index is -0.720. The largest absolute Gasteiger partial charge is 0.508 e. The van der Waals surface area contributed by atoms with E-state index in [1.54, 1.807) is 69.4 Å². The summed E-state index contributed by atoms with van der Waals surface area (Å²) < 4.78 is 24.6. The van der Waals surface area contributed by atoms with Gasteiger partial charge in [-0.05, 0) is 324 Å². The van der Waals surface area contributed by atoms with E-state index in [9.17, 15) is 55.4 Å². The first-order valence-corrected chi connectivity index (χ1v) is 50.2. The first-order valence-electron chi connectivity index (χ1n) is 49.1. The second-order valence-corrected chi connectivity index (χ2v) is 40.7. The van der Waals surface area contributed by atoms with E-state index < -0.39 is 5.60 Å². The number of aromatic nitrogens is 2. The van der Waals surface area contributed by atoms with E-state index in [1.807, 2.05) is 120 Å². The van der Waals surface area contributed by atoms with Crippen molar-refractivity contribution in [3.63, 3.8) is 0 Å². The summed E-state index contributed by atoms with van der Waals surface area (Å²) in [4.78, 5) is 42.1. The molecule has 3 unspecified atom stereocenters. The summed E-state index contributed by atoms with van der Waals surface area (Å²) in [6.07, 6.45) is 24.1. The van der Waals surface area contributed by atoms with Gasteiger partial charge in [0.2, 0.25) is 17.7 Å². The predicted octanol–water partition coefficient (Wildman–Crippen LogP) is 27.0. The normalized spacial score (nSPS) is 15.8. The van der Waals surface area contributed by atoms with Crippen molar-refractivity contribution >= 4 is 79.3 Å². The number of carbonyl (C=O) groups excluding carboxylic acids is 2. The zero-order chi connectivity index (χ0) is 107. The number of hydroxylamine groups is 3. The number of benzene rings is 7. The van der Waals surface area contributed by atoms with Gasteiger partial charge in [-0.25, -0.2) is 14.8 Å². The van der Waals surface area contributed by atoms with Gasteiger partial charge in [-0.1, -0.05) is 185 Å². The molecule has 0 saturated carbocycles. The Balaban J connectivity index is 0.000000530. The number of rotatable bonds is 16. The SMILES string of the molecule is CCC(=O)/C=C/c1ccc(O)c(O)c1.CCC(=O)C1(C)CCc2c(C)c(O)c(C)c(C)c2O1.CCC/C=C/c1ccc(C)c(O)c1.CCC1CC(C)(C)N(O)C(C)(C)C1.CCCC1(C)CCc2c(C)c(O)c(C)c(C)c2O1.CCc1cc(=O)oc2cc(O)ccc12.CCc1cc(C(C)(C)C)c(O)c(C(C)(C)C)c1.CCc1ccc(/C=[N+](/O)C(C)(C)C)cc1.CNc1nc(C)c(O)c(C)n1.[2H][B]P.[B]P=N. The van der Waals surface area contributed by atoms with Crippen molar-refractivity contribution in [2.24, 2.45) is 5.92 Å². The Bertz CT molecular complexity index is 5600. The predicted molar refractivity (Wildman–Crippen MR) is 581 cm³/mol. The van der Waals surface area contributed by atoms with E-state index in [0.29, 0.717) is 70.7 Å². The molecule has 12 N–H and O–H groups in total. The summed E-state index contributed by atoms with van der Waals surface area (Å²) in [6.45, 7) is 64.9. The molecule has 26 heteroatoms. The van der Waals surface area contributed by atoms with Gasteiger partial charge in [0, 0.05) is 85.9 Å². The van der Waals surface area contributed by atoms with Crippen LogP contribution in [0.5, 0.6) is 57.5 Å². The minimum absolute atomic E-state index is 0.0186. The number of nitrogens with one attached hydrogen (secondary N) is 2. The molecular weight excluding hydrogens is 1780 g/mol. The number of phenols is 7. The third-order valence-electron chi connectivity index (χ3n) is 25.1. The lowest BCUT2D eigenvalue weighted by molar-refractivity contribution is -0.816. The van der Waals surface area contributed by atoms with Gasteiger partial charge < -0.3 is 65.3 Å². The van der Waals surface area contributed by atoms with Crippen molar-refractivity contribution < 1.29 is 79.5 Å². The second kappa shape index (κ2) is 56.8. The number of ketones is 2. The number of nitrogens with zero attached hydrogens (tertiary/aromatic N) is 4. The summed E-state index contributed by atoms with van der Waals surface area (Å²) in [5.41, 5.74) is 17.4.